The van der Waals surface area contributed by atoms with Crippen LogP contribution < -0.4 is 11.1 Å². The van der Waals surface area contributed by atoms with E-state index in [2.05, 4.69) is 5.32 Å². The number of anilines is 1. The van der Waals surface area contributed by atoms with Crippen molar-refractivity contribution in [2.75, 3.05) is 5.32 Å². The van der Waals surface area contributed by atoms with E-state index in [9.17, 15) is 4.79 Å². The van der Waals surface area contributed by atoms with Crippen LogP contribution in [-0.2, 0) is 4.79 Å². The zero-order chi connectivity index (χ0) is 13.0. The molecule has 3 nitrogen and oxygen atoms in total. The van der Waals surface area contributed by atoms with Crippen molar-refractivity contribution in [1.82, 2.24) is 0 Å². The molecule has 0 saturated heterocycles. The molecule has 1 aromatic carbocycles. The number of nitrogens with one attached hydrogen (secondary N) is 1. The minimum absolute atomic E-state index is 0.276. The van der Waals surface area contributed by atoms with Crippen molar-refractivity contribution < 1.29 is 4.79 Å². The van der Waals surface area contributed by atoms with Gasteiger partial charge in [-0.25, -0.2) is 0 Å². The number of hydrogen-bond acceptors (Lipinski definition) is 2. The summed E-state index contributed by atoms with van der Waals surface area (Å²) in [4.78, 5) is 11.6. The van der Waals surface area contributed by atoms with E-state index >= 15 is 0 Å². The second kappa shape index (κ2) is 6.10. The van der Waals surface area contributed by atoms with E-state index in [-0.39, 0.29) is 11.9 Å². The Kier molecular flexibility index (Phi) is 4.48. The maximum absolute atomic E-state index is 11.6. The molecule has 1 aromatic rings. The molecule has 0 aliphatic heterocycles. The van der Waals surface area contributed by atoms with E-state index < -0.39 is 0 Å². The van der Waals surface area contributed by atoms with Crippen LogP contribution in [0.15, 0.2) is 24.3 Å². The molecule has 18 heavy (non-hydrogen) atoms. The summed E-state index contributed by atoms with van der Waals surface area (Å²) in [6.07, 6.45) is 5.78. The fraction of sp³-hybridized carbons (Fsp3) is 0.500. The molecule has 4 heteroatoms. The normalized spacial score (nSPS) is 18.3. The third-order valence-corrected chi connectivity index (χ3v) is 3.81. The maximum atomic E-state index is 11.6. The first-order valence-corrected chi connectivity index (χ1v) is 6.86. The number of halogens is 1. The van der Waals surface area contributed by atoms with Crippen LogP contribution in [0.4, 0.5) is 5.69 Å². The van der Waals surface area contributed by atoms with Gasteiger partial charge in [-0.3, -0.25) is 4.79 Å². The van der Waals surface area contributed by atoms with E-state index in [0.717, 1.165) is 18.5 Å². The monoisotopic (exact) mass is 266 g/mol. The molecule has 98 valence electrons. The minimum Gasteiger partial charge on any atom is -0.373 e. The molecule has 1 amide bonds. The average Bonchev–Trinajstić information content (AvgIpc) is 2.37. The lowest BCUT2D eigenvalue weighted by Crippen LogP contribution is -2.42. The molecule has 1 saturated carbocycles. The van der Waals surface area contributed by atoms with Crippen molar-refractivity contribution in [3.8, 4) is 0 Å². The average molecular weight is 267 g/mol. The van der Waals surface area contributed by atoms with Crippen LogP contribution in [0.2, 0.25) is 5.02 Å². The molecule has 1 fully saturated rings. The number of rotatable bonds is 4. The molecule has 0 spiro atoms. The summed E-state index contributed by atoms with van der Waals surface area (Å²) >= 11 is 5.94. The fourth-order valence-corrected chi connectivity index (χ4v) is 2.84. The molecule has 0 heterocycles. The molecular weight excluding hydrogens is 248 g/mol. The zero-order valence-electron chi connectivity index (χ0n) is 10.4. The maximum Gasteiger partial charge on any atom is 0.240 e. The first-order chi connectivity index (χ1) is 8.66. The summed E-state index contributed by atoms with van der Waals surface area (Å²) < 4.78 is 0. The van der Waals surface area contributed by atoms with Crippen LogP contribution in [0.3, 0.4) is 0 Å². The van der Waals surface area contributed by atoms with Gasteiger partial charge >= 0.3 is 0 Å². The van der Waals surface area contributed by atoms with Gasteiger partial charge in [-0.05, 0) is 37.0 Å². The number of benzene rings is 1. The Bertz CT molecular complexity index is 416. The number of carbonyl (C=O) groups is 1. The van der Waals surface area contributed by atoms with Gasteiger partial charge in [-0.2, -0.15) is 0 Å². The summed E-state index contributed by atoms with van der Waals surface area (Å²) in [7, 11) is 0. The molecule has 3 N–H and O–H groups in total. The Hall–Kier alpha value is -1.22. The largest absolute Gasteiger partial charge is 0.373 e. The predicted molar refractivity (Wildman–Crippen MR) is 74.6 cm³/mol. The highest BCUT2D eigenvalue weighted by Gasteiger charge is 2.27. The van der Waals surface area contributed by atoms with Crippen molar-refractivity contribution >= 4 is 23.2 Å². The van der Waals surface area contributed by atoms with Crippen molar-refractivity contribution in [2.24, 2.45) is 11.7 Å². The van der Waals surface area contributed by atoms with Crippen LogP contribution in [0.5, 0.6) is 0 Å². The van der Waals surface area contributed by atoms with Crippen LogP contribution in [0.1, 0.15) is 32.1 Å². The molecule has 0 bridgehead atoms. The van der Waals surface area contributed by atoms with Gasteiger partial charge in [-0.15, -0.1) is 0 Å². The van der Waals surface area contributed by atoms with Gasteiger partial charge in [0, 0.05) is 10.7 Å². The molecule has 0 aromatic heterocycles. The highest BCUT2D eigenvalue weighted by molar-refractivity contribution is 6.30. The van der Waals surface area contributed by atoms with E-state index in [0.29, 0.717) is 10.9 Å². The fourth-order valence-electron chi connectivity index (χ4n) is 2.65. The summed E-state index contributed by atoms with van der Waals surface area (Å²) in [6, 6.07) is 7.12. The third-order valence-electron chi connectivity index (χ3n) is 3.57. The molecule has 1 aliphatic carbocycles. The number of amides is 1. The molecular formula is C14H19ClN2O. The topological polar surface area (TPSA) is 55.1 Å². The standard InChI is InChI=1S/C14H19ClN2O/c15-11-7-4-8-12(9-11)17-13(14(16)18)10-5-2-1-3-6-10/h4,7-10,13,17H,1-3,5-6H2,(H2,16,18). The quantitative estimate of drug-likeness (QED) is 0.879. The van der Waals surface area contributed by atoms with Crippen molar-refractivity contribution in [3.63, 3.8) is 0 Å². The van der Waals surface area contributed by atoms with E-state index in [1.54, 1.807) is 0 Å². The molecule has 2 rings (SSSR count). The molecule has 1 atom stereocenters. The number of primary amides is 1. The van der Waals surface area contributed by atoms with Gasteiger partial charge in [0.25, 0.3) is 0 Å². The first-order valence-electron chi connectivity index (χ1n) is 6.48. The smallest absolute Gasteiger partial charge is 0.240 e. The second-order valence-electron chi connectivity index (χ2n) is 4.93. The molecule has 1 aliphatic rings. The summed E-state index contributed by atoms with van der Waals surface area (Å²) in [5, 5.41) is 3.89. The van der Waals surface area contributed by atoms with Crippen LogP contribution >= 0.6 is 11.6 Å². The lowest BCUT2D eigenvalue weighted by Gasteiger charge is -2.29. The molecule has 1 unspecified atom stereocenters. The van der Waals surface area contributed by atoms with Gasteiger partial charge in [0.05, 0.1) is 0 Å². The number of carbonyl (C=O) groups excluding carboxylic acids is 1. The number of nitrogens with two attached hydrogens (primary N) is 1. The summed E-state index contributed by atoms with van der Waals surface area (Å²) in [5.41, 5.74) is 6.38. The lowest BCUT2D eigenvalue weighted by molar-refractivity contribution is -0.120. The van der Waals surface area contributed by atoms with E-state index in [1.165, 1.54) is 19.3 Å². The Balaban J connectivity index is 2.08. The van der Waals surface area contributed by atoms with Gasteiger partial charge in [0.15, 0.2) is 0 Å². The van der Waals surface area contributed by atoms with Crippen molar-refractivity contribution in [1.29, 1.82) is 0 Å². The highest BCUT2D eigenvalue weighted by atomic mass is 35.5. The van der Waals surface area contributed by atoms with Crippen LogP contribution in [0, 0.1) is 5.92 Å². The lowest BCUT2D eigenvalue weighted by atomic mass is 9.83. The number of hydrogen-bond donors (Lipinski definition) is 2. The van der Waals surface area contributed by atoms with Gasteiger partial charge in [-0.1, -0.05) is 36.9 Å². The van der Waals surface area contributed by atoms with Crippen LogP contribution in [-0.4, -0.2) is 11.9 Å². The van der Waals surface area contributed by atoms with Crippen LogP contribution in [0.25, 0.3) is 0 Å². The Morgan fingerprint density at radius 1 is 1.33 bits per heavy atom. The van der Waals surface area contributed by atoms with Gasteiger partial charge in [0.1, 0.15) is 6.04 Å². The van der Waals surface area contributed by atoms with E-state index in [4.69, 9.17) is 17.3 Å². The third kappa shape index (κ3) is 3.39. The van der Waals surface area contributed by atoms with E-state index in [1.807, 2.05) is 24.3 Å². The Labute approximate surface area is 113 Å². The SMILES string of the molecule is NC(=O)C(Nc1cccc(Cl)c1)C1CCCCC1. The summed E-state index contributed by atoms with van der Waals surface area (Å²) in [6.45, 7) is 0. The summed E-state index contributed by atoms with van der Waals surface area (Å²) in [5.74, 6) is 0.0668. The van der Waals surface area contributed by atoms with Gasteiger partial charge < -0.3 is 11.1 Å². The Morgan fingerprint density at radius 2 is 2.06 bits per heavy atom. The highest BCUT2D eigenvalue weighted by Crippen LogP contribution is 2.28. The zero-order valence-corrected chi connectivity index (χ0v) is 11.1. The molecule has 0 radical (unpaired) electrons. The predicted octanol–water partition coefficient (Wildman–Crippen LogP) is 3.19. The van der Waals surface area contributed by atoms with Crippen molar-refractivity contribution in [3.05, 3.63) is 29.3 Å². The first kappa shape index (κ1) is 13.2. The minimum atomic E-state index is -0.288. The Morgan fingerprint density at radius 3 is 2.67 bits per heavy atom. The van der Waals surface area contributed by atoms with Gasteiger partial charge in [0.2, 0.25) is 5.91 Å². The second-order valence-corrected chi connectivity index (χ2v) is 5.37. The van der Waals surface area contributed by atoms with Crippen molar-refractivity contribution in [2.45, 2.75) is 38.1 Å².